The minimum atomic E-state index is -0.351. The van der Waals surface area contributed by atoms with Gasteiger partial charge in [-0.2, -0.15) is 5.10 Å². The second kappa shape index (κ2) is 11.5. The number of amides is 2. The lowest BCUT2D eigenvalue weighted by atomic mass is 10.1. The fourth-order valence-electron chi connectivity index (χ4n) is 4.43. The standard InChI is InChI=1S/C29H29ClN6O2/c1-20-7-8-21(19-36-28(37)27(30)26(18-32-36)35-15-13-31-14-16-35)17-25(20)34-29(38)33-24-11-9-23(10-12-24)22-5-3-2-4-6-22/h2-12,17-18,31H,13-16,19H2,1H3,(H2,33,34,38). The van der Waals surface area contributed by atoms with Crippen molar-refractivity contribution in [1.82, 2.24) is 15.1 Å². The van der Waals surface area contributed by atoms with Gasteiger partial charge in [0, 0.05) is 37.6 Å². The Morgan fingerprint density at radius 3 is 2.42 bits per heavy atom. The Kier molecular flexibility index (Phi) is 7.72. The molecule has 0 unspecified atom stereocenters. The quantitative estimate of drug-likeness (QED) is 0.328. The number of rotatable bonds is 6. The molecule has 0 radical (unpaired) electrons. The molecule has 0 bridgehead atoms. The van der Waals surface area contributed by atoms with Crippen LogP contribution in [0.15, 0.2) is 83.8 Å². The molecule has 2 amide bonds. The molecule has 1 saturated heterocycles. The fourth-order valence-corrected chi connectivity index (χ4v) is 4.70. The van der Waals surface area contributed by atoms with Gasteiger partial charge in [0.05, 0.1) is 18.4 Å². The second-order valence-corrected chi connectivity index (χ2v) is 9.59. The Bertz CT molecular complexity index is 1480. The Morgan fingerprint density at radius 1 is 0.974 bits per heavy atom. The highest BCUT2D eigenvalue weighted by molar-refractivity contribution is 6.33. The smallest absolute Gasteiger partial charge is 0.323 e. The van der Waals surface area contributed by atoms with Gasteiger partial charge in [0.1, 0.15) is 5.02 Å². The maximum atomic E-state index is 12.9. The van der Waals surface area contributed by atoms with Gasteiger partial charge in [-0.15, -0.1) is 0 Å². The van der Waals surface area contributed by atoms with E-state index >= 15 is 0 Å². The van der Waals surface area contributed by atoms with E-state index in [-0.39, 0.29) is 23.2 Å². The molecule has 1 aliphatic heterocycles. The zero-order valence-electron chi connectivity index (χ0n) is 21.1. The molecule has 0 aliphatic carbocycles. The Labute approximate surface area is 226 Å². The highest BCUT2D eigenvalue weighted by atomic mass is 35.5. The summed E-state index contributed by atoms with van der Waals surface area (Å²) in [7, 11) is 0. The number of urea groups is 1. The first-order valence-electron chi connectivity index (χ1n) is 12.5. The first kappa shape index (κ1) is 25.5. The van der Waals surface area contributed by atoms with Crippen molar-refractivity contribution in [2.75, 3.05) is 41.7 Å². The summed E-state index contributed by atoms with van der Waals surface area (Å²) in [6.07, 6.45) is 1.65. The van der Waals surface area contributed by atoms with Gasteiger partial charge in [0.25, 0.3) is 5.56 Å². The lowest BCUT2D eigenvalue weighted by Gasteiger charge is -2.29. The van der Waals surface area contributed by atoms with Crippen molar-refractivity contribution < 1.29 is 4.79 Å². The number of anilines is 3. The van der Waals surface area contributed by atoms with Crippen LogP contribution in [0.4, 0.5) is 21.9 Å². The lowest BCUT2D eigenvalue weighted by Crippen LogP contribution is -2.44. The Hall–Kier alpha value is -4.14. The van der Waals surface area contributed by atoms with Crippen molar-refractivity contribution in [2.24, 2.45) is 0 Å². The number of benzene rings is 3. The monoisotopic (exact) mass is 528 g/mol. The highest BCUT2D eigenvalue weighted by Crippen LogP contribution is 2.23. The lowest BCUT2D eigenvalue weighted by molar-refractivity contribution is 0.262. The zero-order chi connectivity index (χ0) is 26.5. The van der Waals surface area contributed by atoms with Gasteiger partial charge in [-0.3, -0.25) is 4.79 Å². The minimum absolute atomic E-state index is 0.171. The molecular formula is C29H29ClN6O2. The van der Waals surface area contributed by atoms with Crippen LogP contribution in [0.25, 0.3) is 11.1 Å². The summed E-state index contributed by atoms with van der Waals surface area (Å²) in [6, 6.07) is 23.1. The highest BCUT2D eigenvalue weighted by Gasteiger charge is 2.18. The van der Waals surface area contributed by atoms with Crippen LogP contribution in [-0.4, -0.2) is 42.0 Å². The SMILES string of the molecule is Cc1ccc(Cn2ncc(N3CCNCC3)c(Cl)c2=O)cc1NC(=O)Nc1ccc(-c2ccccc2)cc1. The molecule has 0 atom stereocenters. The maximum Gasteiger partial charge on any atom is 0.323 e. The molecule has 0 saturated carbocycles. The van der Waals surface area contributed by atoms with E-state index in [1.165, 1.54) is 4.68 Å². The molecule has 1 aromatic heterocycles. The van der Waals surface area contributed by atoms with E-state index < -0.39 is 0 Å². The van der Waals surface area contributed by atoms with Gasteiger partial charge >= 0.3 is 6.03 Å². The first-order valence-corrected chi connectivity index (χ1v) is 12.9. The summed E-state index contributed by atoms with van der Waals surface area (Å²) in [5.74, 6) is 0. The molecule has 1 aliphatic rings. The molecule has 3 N–H and O–H groups in total. The van der Waals surface area contributed by atoms with Gasteiger partial charge in [-0.05, 0) is 47.4 Å². The van der Waals surface area contributed by atoms with E-state index in [4.69, 9.17) is 11.6 Å². The summed E-state index contributed by atoms with van der Waals surface area (Å²) in [5, 5.41) is 13.6. The third-order valence-corrected chi connectivity index (χ3v) is 6.91. The third kappa shape index (κ3) is 5.88. The maximum absolute atomic E-state index is 12.9. The molecule has 1 fully saturated rings. The number of halogens is 1. The molecule has 4 aromatic rings. The molecule has 9 heteroatoms. The number of piperazine rings is 1. The third-order valence-electron chi connectivity index (χ3n) is 6.56. The molecule has 38 heavy (non-hydrogen) atoms. The predicted molar refractivity (Wildman–Crippen MR) is 153 cm³/mol. The van der Waals surface area contributed by atoms with E-state index in [1.54, 1.807) is 6.20 Å². The van der Waals surface area contributed by atoms with E-state index in [0.29, 0.717) is 17.1 Å². The number of hydrogen-bond donors (Lipinski definition) is 3. The summed E-state index contributed by atoms with van der Waals surface area (Å²) in [5.41, 5.74) is 5.57. The van der Waals surface area contributed by atoms with Crippen LogP contribution < -0.4 is 26.4 Å². The van der Waals surface area contributed by atoms with Crippen LogP contribution >= 0.6 is 11.6 Å². The number of aryl methyl sites for hydroxylation is 1. The van der Waals surface area contributed by atoms with E-state index in [2.05, 4.69) is 25.9 Å². The van der Waals surface area contributed by atoms with E-state index in [1.807, 2.05) is 79.7 Å². The van der Waals surface area contributed by atoms with Gasteiger partial charge in [0.2, 0.25) is 0 Å². The van der Waals surface area contributed by atoms with Crippen molar-refractivity contribution >= 4 is 34.7 Å². The summed E-state index contributed by atoms with van der Waals surface area (Å²) in [4.78, 5) is 27.7. The van der Waals surface area contributed by atoms with Gasteiger partial charge in [-0.25, -0.2) is 9.48 Å². The molecule has 3 aromatic carbocycles. The van der Waals surface area contributed by atoms with Crippen LogP contribution in [0.2, 0.25) is 5.02 Å². The molecule has 8 nitrogen and oxygen atoms in total. The summed E-state index contributed by atoms with van der Waals surface area (Å²) in [6.45, 7) is 5.37. The molecule has 0 spiro atoms. The molecule has 2 heterocycles. The predicted octanol–water partition coefficient (Wildman–Crippen LogP) is 4.97. The summed E-state index contributed by atoms with van der Waals surface area (Å²) >= 11 is 6.44. The average Bonchev–Trinajstić information content (AvgIpc) is 2.94. The van der Waals surface area contributed by atoms with Crippen LogP contribution in [0, 0.1) is 6.92 Å². The largest absolute Gasteiger partial charge is 0.366 e. The summed E-state index contributed by atoms with van der Waals surface area (Å²) < 4.78 is 1.34. The number of nitrogens with one attached hydrogen (secondary N) is 3. The number of aromatic nitrogens is 2. The normalized spacial score (nSPS) is 13.3. The number of hydrogen-bond acceptors (Lipinski definition) is 5. The van der Waals surface area contributed by atoms with Crippen molar-refractivity contribution in [3.8, 4) is 11.1 Å². The number of carbonyl (C=O) groups is 1. The van der Waals surface area contributed by atoms with Crippen molar-refractivity contribution in [2.45, 2.75) is 13.5 Å². The van der Waals surface area contributed by atoms with Gasteiger partial charge < -0.3 is 20.9 Å². The molecule has 5 rings (SSSR count). The molecule has 194 valence electrons. The van der Waals surface area contributed by atoms with Crippen molar-refractivity contribution in [3.63, 3.8) is 0 Å². The number of carbonyl (C=O) groups excluding carboxylic acids is 1. The second-order valence-electron chi connectivity index (χ2n) is 9.22. The molecular weight excluding hydrogens is 500 g/mol. The average molecular weight is 529 g/mol. The van der Waals surface area contributed by atoms with Crippen LogP contribution in [0.5, 0.6) is 0 Å². The topological polar surface area (TPSA) is 91.3 Å². The van der Waals surface area contributed by atoms with Crippen molar-refractivity contribution in [3.05, 3.63) is 105 Å². The Morgan fingerprint density at radius 2 is 1.68 bits per heavy atom. The van der Waals surface area contributed by atoms with Crippen LogP contribution in [-0.2, 0) is 6.54 Å². The van der Waals surface area contributed by atoms with E-state index in [9.17, 15) is 9.59 Å². The minimum Gasteiger partial charge on any atom is -0.366 e. The number of nitrogens with zero attached hydrogens (tertiary/aromatic N) is 3. The first-order chi connectivity index (χ1) is 18.5. The van der Waals surface area contributed by atoms with Crippen molar-refractivity contribution in [1.29, 1.82) is 0 Å². The fraction of sp³-hybridized carbons (Fsp3) is 0.207. The van der Waals surface area contributed by atoms with E-state index in [0.717, 1.165) is 48.4 Å². The van der Waals surface area contributed by atoms with Gasteiger partial charge in [0.15, 0.2) is 0 Å². The Balaban J connectivity index is 1.26. The van der Waals surface area contributed by atoms with Crippen LogP contribution in [0.3, 0.4) is 0 Å². The zero-order valence-corrected chi connectivity index (χ0v) is 21.8. The van der Waals surface area contributed by atoms with Crippen LogP contribution in [0.1, 0.15) is 11.1 Å². The van der Waals surface area contributed by atoms with Gasteiger partial charge in [-0.1, -0.05) is 66.2 Å².